The quantitative estimate of drug-likeness (QED) is 0.154. The summed E-state index contributed by atoms with van der Waals surface area (Å²) in [6, 6.07) is 17.4. The molecule has 2 heterocycles. The number of alkyl carbamates (subject to hydrolysis) is 1. The smallest absolute Gasteiger partial charge is 0.407 e. The Balaban J connectivity index is 1.24. The predicted molar refractivity (Wildman–Crippen MR) is 172 cm³/mol. The van der Waals surface area contributed by atoms with Crippen LogP contribution in [-0.2, 0) is 34.0 Å². The Bertz CT molecular complexity index is 1750. The summed E-state index contributed by atoms with van der Waals surface area (Å²) in [6.07, 6.45) is 1.76. The summed E-state index contributed by atoms with van der Waals surface area (Å²) < 4.78 is 25.2. The molecule has 3 aromatic carbocycles. The van der Waals surface area contributed by atoms with Crippen molar-refractivity contribution in [3.63, 3.8) is 0 Å². The Morgan fingerprint density at radius 1 is 0.957 bits per heavy atom. The minimum Gasteiger partial charge on any atom is -0.461 e. The van der Waals surface area contributed by atoms with Crippen molar-refractivity contribution in [3.05, 3.63) is 88.9 Å². The van der Waals surface area contributed by atoms with Crippen LogP contribution in [0, 0.1) is 5.82 Å². The summed E-state index contributed by atoms with van der Waals surface area (Å²) in [7, 11) is 0. The third kappa shape index (κ3) is 8.15. The van der Waals surface area contributed by atoms with Gasteiger partial charge in [0.2, 0.25) is 5.95 Å². The van der Waals surface area contributed by atoms with Crippen molar-refractivity contribution in [2.24, 2.45) is 0 Å². The molecule has 1 aliphatic heterocycles. The fourth-order valence-electron chi connectivity index (χ4n) is 5.35. The molecule has 240 valence electrons. The van der Waals surface area contributed by atoms with Gasteiger partial charge in [-0.25, -0.2) is 19.2 Å². The monoisotopic (exact) mass is 627 g/mol. The number of rotatable bonds is 10. The molecule has 0 saturated heterocycles. The van der Waals surface area contributed by atoms with Crippen molar-refractivity contribution < 1.29 is 28.2 Å². The number of hydrogen-bond acceptors (Lipinski definition) is 8. The fourth-order valence-corrected chi connectivity index (χ4v) is 5.35. The Labute approximate surface area is 267 Å². The molecule has 0 radical (unpaired) electrons. The maximum absolute atomic E-state index is 14.5. The minimum atomic E-state index is -0.557. The van der Waals surface area contributed by atoms with Gasteiger partial charge in [0.25, 0.3) is 5.91 Å². The number of benzene rings is 3. The number of unbranched alkanes of at least 4 members (excludes halogenated alkanes) is 2. The Morgan fingerprint density at radius 2 is 1.70 bits per heavy atom. The van der Waals surface area contributed by atoms with Gasteiger partial charge in [-0.1, -0.05) is 42.8 Å². The number of carbonyl (C=O) groups excluding carboxylic acids is 3. The molecule has 5 rings (SSSR count). The highest BCUT2D eigenvalue weighted by Crippen LogP contribution is 2.31. The van der Waals surface area contributed by atoms with Crippen molar-refractivity contribution in [2.45, 2.75) is 71.8 Å². The van der Waals surface area contributed by atoms with Crippen LogP contribution in [-0.4, -0.2) is 45.0 Å². The fraction of sp³-hybridized carbons (Fsp3) is 0.343. The van der Waals surface area contributed by atoms with Gasteiger partial charge in [-0.2, -0.15) is 0 Å². The molecular formula is C35H38FN5O5. The molecule has 0 atom stereocenters. The second kappa shape index (κ2) is 13.9. The topological polar surface area (TPSA) is 137 Å². The number of amides is 2. The first-order valence-corrected chi connectivity index (χ1v) is 15.3. The van der Waals surface area contributed by atoms with Crippen LogP contribution in [0.2, 0.25) is 0 Å². The van der Waals surface area contributed by atoms with Crippen molar-refractivity contribution >= 4 is 34.8 Å². The van der Waals surface area contributed by atoms with Crippen LogP contribution in [0.4, 0.5) is 15.1 Å². The lowest BCUT2D eigenvalue weighted by Gasteiger charge is -2.19. The number of halogens is 1. The minimum absolute atomic E-state index is 0.0158. The van der Waals surface area contributed by atoms with E-state index in [-0.39, 0.29) is 36.5 Å². The number of hydrogen-bond donors (Lipinski definition) is 2. The predicted octanol–water partition coefficient (Wildman–Crippen LogP) is 6.30. The lowest BCUT2D eigenvalue weighted by molar-refractivity contribution is -0.145. The second-order valence-corrected chi connectivity index (χ2v) is 12.3. The first kappa shape index (κ1) is 32.3. The van der Waals surface area contributed by atoms with Gasteiger partial charge in [0, 0.05) is 31.4 Å². The number of ether oxygens (including phenoxy) is 2. The van der Waals surface area contributed by atoms with E-state index in [1.807, 2.05) is 24.3 Å². The normalized spacial score (nSPS) is 12.6. The second-order valence-electron chi connectivity index (χ2n) is 12.3. The van der Waals surface area contributed by atoms with E-state index < -0.39 is 17.5 Å². The van der Waals surface area contributed by atoms with Gasteiger partial charge in [0.05, 0.1) is 5.52 Å². The molecule has 3 N–H and O–H groups in total. The van der Waals surface area contributed by atoms with Gasteiger partial charge < -0.3 is 25.4 Å². The molecule has 0 bridgehead atoms. The van der Waals surface area contributed by atoms with E-state index in [4.69, 9.17) is 15.2 Å². The van der Waals surface area contributed by atoms with Crippen LogP contribution in [0.15, 0.2) is 60.7 Å². The van der Waals surface area contributed by atoms with E-state index in [0.29, 0.717) is 60.1 Å². The van der Waals surface area contributed by atoms with E-state index in [1.54, 1.807) is 49.9 Å². The zero-order valence-electron chi connectivity index (χ0n) is 26.3. The highest BCUT2D eigenvalue weighted by molar-refractivity contribution is 6.06. The molecule has 1 aromatic heterocycles. The average Bonchev–Trinajstić information content (AvgIpc) is 3.45. The highest BCUT2D eigenvalue weighted by atomic mass is 19.1. The number of nitrogen functional groups attached to an aromatic ring is 1. The Kier molecular flexibility index (Phi) is 9.79. The van der Waals surface area contributed by atoms with Crippen LogP contribution in [0.25, 0.3) is 22.0 Å². The number of esters is 1. The van der Waals surface area contributed by atoms with Gasteiger partial charge in [-0.15, -0.1) is 0 Å². The van der Waals surface area contributed by atoms with Gasteiger partial charge in [0.15, 0.2) is 0 Å². The summed E-state index contributed by atoms with van der Waals surface area (Å²) in [4.78, 5) is 48.3. The summed E-state index contributed by atoms with van der Waals surface area (Å²) in [6.45, 7) is 6.72. The number of aromatic nitrogens is 2. The van der Waals surface area contributed by atoms with Gasteiger partial charge in [0.1, 0.15) is 23.7 Å². The van der Waals surface area contributed by atoms with Gasteiger partial charge in [-0.3, -0.25) is 9.59 Å². The first-order chi connectivity index (χ1) is 22.0. The molecule has 0 spiro atoms. The number of nitrogens with one attached hydrogen (secondary N) is 1. The van der Waals surface area contributed by atoms with Crippen LogP contribution in [0.3, 0.4) is 0 Å². The molecule has 46 heavy (non-hydrogen) atoms. The molecule has 1 aliphatic rings. The van der Waals surface area contributed by atoms with Crippen molar-refractivity contribution in [2.75, 3.05) is 12.3 Å². The maximum atomic E-state index is 14.5. The molecule has 11 heteroatoms. The molecule has 10 nitrogen and oxygen atoms in total. The van der Waals surface area contributed by atoms with Crippen LogP contribution < -0.4 is 11.1 Å². The summed E-state index contributed by atoms with van der Waals surface area (Å²) >= 11 is 0. The standard InChI is InChI=1S/C35H38FN5O5/c1-35(2,3)46-34(44)38-16-8-4-5-11-30(42)45-21-25-12-14-26(36)18-27(25)22-13-15-29-28(17-22)31(40-33(37)39-29)32(43)41-19-23-9-6-7-10-24(23)20-41/h6-7,9-10,12-15,17-18H,4-5,8,11,16,19-21H2,1-3H3,(H,38,44)(H2,37,39,40). The molecule has 0 saturated carbocycles. The Morgan fingerprint density at radius 3 is 2.41 bits per heavy atom. The molecule has 2 amide bonds. The van der Waals surface area contributed by atoms with E-state index in [0.717, 1.165) is 17.5 Å². The number of carbonyl (C=O) groups is 3. The Hall–Kier alpha value is -5.06. The van der Waals surface area contributed by atoms with Crippen molar-refractivity contribution in [1.29, 1.82) is 0 Å². The number of anilines is 1. The van der Waals surface area contributed by atoms with Gasteiger partial charge in [-0.05, 0) is 85.7 Å². The van der Waals surface area contributed by atoms with Crippen LogP contribution >= 0.6 is 0 Å². The van der Waals surface area contributed by atoms with E-state index in [9.17, 15) is 18.8 Å². The van der Waals surface area contributed by atoms with Crippen LogP contribution in [0.5, 0.6) is 0 Å². The van der Waals surface area contributed by atoms with Crippen molar-refractivity contribution in [1.82, 2.24) is 20.2 Å². The lowest BCUT2D eigenvalue weighted by atomic mass is 9.97. The summed E-state index contributed by atoms with van der Waals surface area (Å²) in [5.41, 5.74) is 9.99. The molecule has 0 unspecified atom stereocenters. The summed E-state index contributed by atoms with van der Waals surface area (Å²) in [5, 5.41) is 3.19. The number of nitrogens with zero attached hydrogens (tertiary/aromatic N) is 3. The number of nitrogens with two attached hydrogens (primary N) is 1. The van der Waals surface area contributed by atoms with E-state index >= 15 is 0 Å². The molecule has 0 aliphatic carbocycles. The third-order valence-electron chi connectivity index (χ3n) is 7.54. The maximum Gasteiger partial charge on any atom is 0.407 e. The third-order valence-corrected chi connectivity index (χ3v) is 7.54. The SMILES string of the molecule is CC(C)(C)OC(=O)NCCCCCC(=O)OCc1ccc(F)cc1-c1ccc2nc(N)nc(C(=O)N3Cc4ccccc4C3)c2c1. The average molecular weight is 628 g/mol. The zero-order valence-corrected chi connectivity index (χ0v) is 26.3. The first-order valence-electron chi connectivity index (χ1n) is 15.3. The highest BCUT2D eigenvalue weighted by Gasteiger charge is 2.27. The van der Waals surface area contributed by atoms with E-state index in [1.165, 1.54) is 12.1 Å². The van der Waals surface area contributed by atoms with Crippen LogP contribution in [0.1, 0.15) is 73.6 Å². The summed E-state index contributed by atoms with van der Waals surface area (Å²) in [5.74, 6) is -1.12. The number of fused-ring (bicyclic) bond motifs is 2. The zero-order chi connectivity index (χ0) is 32.8. The van der Waals surface area contributed by atoms with Gasteiger partial charge >= 0.3 is 12.1 Å². The molecule has 4 aromatic rings. The van der Waals surface area contributed by atoms with Crippen molar-refractivity contribution in [3.8, 4) is 11.1 Å². The molecular weight excluding hydrogens is 589 g/mol. The molecule has 0 fully saturated rings. The largest absolute Gasteiger partial charge is 0.461 e. The lowest BCUT2D eigenvalue weighted by Crippen LogP contribution is -2.32. The van der Waals surface area contributed by atoms with E-state index in [2.05, 4.69) is 15.3 Å².